The van der Waals surface area contributed by atoms with E-state index in [1.165, 1.54) is 18.0 Å². The van der Waals surface area contributed by atoms with Crippen LogP contribution in [0.25, 0.3) is 11.3 Å². The Kier molecular flexibility index (Phi) is 5.14. The van der Waals surface area contributed by atoms with Gasteiger partial charge in [0.1, 0.15) is 23.0 Å². The molecule has 0 saturated heterocycles. The molecule has 1 aliphatic carbocycles. The van der Waals surface area contributed by atoms with Gasteiger partial charge in [-0.2, -0.15) is 13.2 Å². The predicted molar refractivity (Wildman–Crippen MR) is 103 cm³/mol. The number of rotatable bonds is 3. The van der Waals surface area contributed by atoms with Gasteiger partial charge in [-0.25, -0.2) is 15.0 Å². The van der Waals surface area contributed by atoms with Crippen molar-refractivity contribution in [3.05, 3.63) is 64.7 Å². The smallest absolute Gasteiger partial charge is 0.393 e. The van der Waals surface area contributed by atoms with Gasteiger partial charge in [0.2, 0.25) is 0 Å². The first-order valence-corrected chi connectivity index (χ1v) is 9.31. The molecule has 150 valence electrons. The van der Waals surface area contributed by atoms with E-state index < -0.39 is 11.9 Å². The molecule has 0 radical (unpaired) electrons. The Balaban J connectivity index is 1.64. The van der Waals surface area contributed by atoms with Crippen LogP contribution in [0.2, 0.25) is 5.15 Å². The van der Waals surface area contributed by atoms with E-state index in [1.54, 1.807) is 6.07 Å². The van der Waals surface area contributed by atoms with E-state index in [-0.39, 0.29) is 16.8 Å². The number of aromatic nitrogens is 3. The summed E-state index contributed by atoms with van der Waals surface area (Å²) in [4.78, 5) is 11.7. The van der Waals surface area contributed by atoms with Crippen LogP contribution >= 0.6 is 11.6 Å². The molecule has 1 aliphatic rings. The molecule has 2 N–H and O–H groups in total. The third kappa shape index (κ3) is 4.18. The molecule has 9 heteroatoms. The van der Waals surface area contributed by atoms with Crippen molar-refractivity contribution >= 4 is 23.1 Å². The molecule has 4 rings (SSSR count). The lowest BCUT2D eigenvalue weighted by atomic mass is 9.88. The van der Waals surface area contributed by atoms with E-state index in [9.17, 15) is 18.3 Å². The van der Waals surface area contributed by atoms with Crippen molar-refractivity contribution in [1.29, 1.82) is 0 Å². The minimum Gasteiger partial charge on any atom is -0.393 e. The second-order valence-corrected chi connectivity index (χ2v) is 7.14. The van der Waals surface area contributed by atoms with Crippen LogP contribution in [0, 0.1) is 0 Å². The Hall–Kier alpha value is -2.71. The maximum atomic E-state index is 12.8. The van der Waals surface area contributed by atoms with Gasteiger partial charge in [0.05, 0.1) is 11.8 Å². The van der Waals surface area contributed by atoms with Gasteiger partial charge in [0.25, 0.3) is 0 Å². The standard InChI is InChI=1S/C20H16ClF3N4O/c21-19-13(6-7-17(28-19)20(22,23)24)16-9-18(26-10-25-16)27-15-3-1-2-11-4-5-12(29)8-14(11)15/h1-3,6-7,9-10,12,29H,4-5,8H2,(H,25,26,27). The molecule has 0 saturated carbocycles. The molecule has 0 fully saturated rings. The summed E-state index contributed by atoms with van der Waals surface area (Å²) >= 11 is 5.97. The van der Waals surface area contributed by atoms with Crippen molar-refractivity contribution in [2.75, 3.05) is 5.32 Å². The van der Waals surface area contributed by atoms with Crippen molar-refractivity contribution < 1.29 is 18.3 Å². The molecule has 1 aromatic carbocycles. The Bertz CT molecular complexity index is 1060. The summed E-state index contributed by atoms with van der Waals surface area (Å²) in [5, 5.41) is 12.9. The van der Waals surface area contributed by atoms with Crippen molar-refractivity contribution in [2.24, 2.45) is 0 Å². The van der Waals surface area contributed by atoms with E-state index >= 15 is 0 Å². The Morgan fingerprint density at radius 1 is 1.14 bits per heavy atom. The summed E-state index contributed by atoms with van der Waals surface area (Å²) in [7, 11) is 0. The van der Waals surface area contributed by atoms with Crippen LogP contribution in [-0.2, 0) is 19.0 Å². The number of hydrogen-bond acceptors (Lipinski definition) is 5. The normalized spacial score (nSPS) is 16.4. The highest BCUT2D eigenvalue weighted by molar-refractivity contribution is 6.32. The summed E-state index contributed by atoms with van der Waals surface area (Å²) < 4.78 is 38.4. The minimum absolute atomic E-state index is 0.274. The molecule has 2 aromatic heterocycles. The first-order valence-electron chi connectivity index (χ1n) is 8.93. The third-order valence-corrected chi connectivity index (χ3v) is 5.09. The second kappa shape index (κ2) is 7.61. The molecule has 2 heterocycles. The molecule has 0 aliphatic heterocycles. The lowest BCUT2D eigenvalue weighted by molar-refractivity contribution is -0.141. The molecule has 5 nitrogen and oxygen atoms in total. The number of halogens is 4. The lowest BCUT2D eigenvalue weighted by Crippen LogP contribution is -2.19. The highest BCUT2D eigenvalue weighted by atomic mass is 35.5. The fourth-order valence-corrected chi connectivity index (χ4v) is 3.63. The molecule has 0 bridgehead atoms. The monoisotopic (exact) mass is 420 g/mol. The molecular weight excluding hydrogens is 405 g/mol. The number of anilines is 2. The van der Waals surface area contributed by atoms with Gasteiger partial charge >= 0.3 is 6.18 Å². The summed E-state index contributed by atoms with van der Waals surface area (Å²) in [5.74, 6) is 0.458. The highest BCUT2D eigenvalue weighted by Gasteiger charge is 2.33. The van der Waals surface area contributed by atoms with Crippen molar-refractivity contribution in [1.82, 2.24) is 15.0 Å². The predicted octanol–water partition coefficient (Wildman–Crippen LogP) is 4.80. The lowest BCUT2D eigenvalue weighted by Gasteiger charge is -2.23. The average Bonchev–Trinajstić information content (AvgIpc) is 2.68. The van der Waals surface area contributed by atoms with Crippen molar-refractivity contribution in [3.63, 3.8) is 0 Å². The van der Waals surface area contributed by atoms with E-state index in [4.69, 9.17) is 11.6 Å². The van der Waals surface area contributed by atoms with Crippen LogP contribution < -0.4 is 5.32 Å². The summed E-state index contributed by atoms with van der Waals surface area (Å²) in [5.41, 5.74) is 2.58. The summed E-state index contributed by atoms with van der Waals surface area (Å²) in [6.45, 7) is 0. The molecule has 29 heavy (non-hydrogen) atoms. The van der Waals surface area contributed by atoms with Gasteiger partial charge in [0.15, 0.2) is 0 Å². The Labute approximate surface area is 169 Å². The number of aliphatic hydroxyl groups excluding tert-OH is 1. The fourth-order valence-electron chi connectivity index (χ4n) is 3.38. The molecule has 0 amide bonds. The van der Waals surface area contributed by atoms with Crippen molar-refractivity contribution in [3.8, 4) is 11.3 Å². The SMILES string of the molecule is OC1CCc2cccc(Nc3cc(-c4ccc(C(F)(F)F)nc4Cl)ncn3)c2C1. The zero-order valence-corrected chi connectivity index (χ0v) is 15.8. The van der Waals surface area contributed by atoms with Crippen LogP contribution in [-0.4, -0.2) is 26.2 Å². The number of hydrogen-bond donors (Lipinski definition) is 2. The number of aliphatic hydroxyl groups is 1. The van der Waals surface area contributed by atoms with Gasteiger partial charge in [-0.15, -0.1) is 0 Å². The van der Waals surface area contributed by atoms with Crippen LogP contribution in [0.3, 0.4) is 0 Å². The molecule has 0 spiro atoms. The first kappa shape index (κ1) is 19.6. The number of aryl methyl sites for hydroxylation is 1. The van der Waals surface area contributed by atoms with Gasteiger partial charge < -0.3 is 10.4 Å². The topological polar surface area (TPSA) is 70.9 Å². The molecule has 3 aromatic rings. The van der Waals surface area contributed by atoms with E-state index in [2.05, 4.69) is 20.3 Å². The number of nitrogens with one attached hydrogen (secondary N) is 1. The average molecular weight is 421 g/mol. The first-order chi connectivity index (χ1) is 13.8. The van der Waals surface area contributed by atoms with Gasteiger partial charge in [-0.1, -0.05) is 23.7 Å². The zero-order valence-electron chi connectivity index (χ0n) is 15.0. The van der Waals surface area contributed by atoms with E-state index in [0.29, 0.717) is 17.9 Å². The van der Waals surface area contributed by atoms with Crippen LogP contribution in [0.1, 0.15) is 23.2 Å². The zero-order chi connectivity index (χ0) is 20.6. The second-order valence-electron chi connectivity index (χ2n) is 6.79. The van der Waals surface area contributed by atoms with Crippen LogP contribution in [0.15, 0.2) is 42.7 Å². The Morgan fingerprint density at radius 3 is 2.72 bits per heavy atom. The quantitative estimate of drug-likeness (QED) is 0.595. The summed E-state index contributed by atoms with van der Waals surface area (Å²) in [6, 6.07) is 9.56. The number of pyridine rings is 1. The maximum Gasteiger partial charge on any atom is 0.433 e. The maximum absolute atomic E-state index is 12.8. The van der Waals surface area contributed by atoms with Gasteiger partial charge in [0, 0.05) is 23.7 Å². The number of fused-ring (bicyclic) bond motifs is 1. The largest absolute Gasteiger partial charge is 0.433 e. The highest BCUT2D eigenvalue weighted by Crippen LogP contribution is 2.34. The van der Waals surface area contributed by atoms with Gasteiger partial charge in [-0.3, -0.25) is 0 Å². The van der Waals surface area contributed by atoms with Crippen molar-refractivity contribution in [2.45, 2.75) is 31.5 Å². The van der Waals surface area contributed by atoms with E-state index in [1.807, 2.05) is 18.2 Å². The molecule has 1 atom stereocenters. The van der Waals surface area contributed by atoms with E-state index in [0.717, 1.165) is 30.2 Å². The number of alkyl halides is 3. The molecular formula is C20H16ClF3N4O. The Morgan fingerprint density at radius 2 is 1.97 bits per heavy atom. The van der Waals surface area contributed by atoms with Crippen LogP contribution in [0.5, 0.6) is 0 Å². The van der Waals surface area contributed by atoms with Crippen LogP contribution in [0.4, 0.5) is 24.7 Å². The summed E-state index contributed by atoms with van der Waals surface area (Å²) in [6.07, 6.45) is -1.58. The number of nitrogens with zero attached hydrogens (tertiary/aromatic N) is 3. The molecule has 1 unspecified atom stereocenters. The van der Waals surface area contributed by atoms with Gasteiger partial charge in [-0.05, 0) is 42.2 Å². The fraction of sp³-hybridized carbons (Fsp3) is 0.250. The third-order valence-electron chi connectivity index (χ3n) is 4.80. The minimum atomic E-state index is -4.57. The number of benzene rings is 1.